The third-order valence-corrected chi connectivity index (χ3v) is 9.02. The highest BCUT2D eigenvalue weighted by Crippen LogP contribution is 2.39. The molecule has 1 fully saturated rings. The molecule has 0 aliphatic carbocycles. The van der Waals surface area contributed by atoms with Gasteiger partial charge in [0.1, 0.15) is 17.0 Å². The lowest BCUT2D eigenvalue weighted by Crippen LogP contribution is -2.32. The van der Waals surface area contributed by atoms with Gasteiger partial charge in [0.2, 0.25) is 11.8 Å². The molecule has 0 saturated carbocycles. The number of aliphatic hydroxyl groups excluding tert-OH is 1. The monoisotopic (exact) mass is 614 g/mol. The van der Waals surface area contributed by atoms with E-state index in [0.717, 1.165) is 83.7 Å². The van der Waals surface area contributed by atoms with Crippen molar-refractivity contribution in [1.82, 2.24) is 19.8 Å². The molecule has 45 heavy (non-hydrogen) atoms. The van der Waals surface area contributed by atoms with Crippen LogP contribution in [0.1, 0.15) is 41.0 Å². The van der Waals surface area contributed by atoms with Gasteiger partial charge in [0.15, 0.2) is 5.58 Å². The highest BCUT2D eigenvalue weighted by atomic mass is 19.3. The predicted octanol–water partition coefficient (Wildman–Crippen LogP) is 6.98. The number of oxazole rings is 2. The summed E-state index contributed by atoms with van der Waals surface area (Å²) in [4.78, 5) is 14.1. The van der Waals surface area contributed by atoms with E-state index in [4.69, 9.17) is 23.5 Å². The number of ether oxygens (including phenoxy) is 1. The lowest BCUT2D eigenvalue weighted by atomic mass is 9.91. The van der Waals surface area contributed by atoms with Crippen molar-refractivity contribution in [3.63, 3.8) is 0 Å². The summed E-state index contributed by atoms with van der Waals surface area (Å²) in [7, 11) is 0. The number of aromatic nitrogens is 2. The van der Waals surface area contributed by atoms with Crippen molar-refractivity contribution in [3.8, 4) is 39.8 Å². The summed E-state index contributed by atoms with van der Waals surface area (Å²) < 4.78 is 44.0. The van der Waals surface area contributed by atoms with E-state index in [1.165, 1.54) is 6.07 Å². The van der Waals surface area contributed by atoms with Crippen molar-refractivity contribution in [1.29, 1.82) is 0 Å². The number of halogens is 2. The number of hydrogen-bond donors (Lipinski definition) is 1. The van der Waals surface area contributed by atoms with E-state index in [0.29, 0.717) is 48.1 Å². The fourth-order valence-electron chi connectivity index (χ4n) is 6.64. The summed E-state index contributed by atoms with van der Waals surface area (Å²) in [5.41, 5.74) is 8.46. The first-order chi connectivity index (χ1) is 21.9. The van der Waals surface area contributed by atoms with E-state index >= 15 is 0 Å². The Bertz CT molecular complexity index is 1840. The molecule has 7 rings (SSSR count). The van der Waals surface area contributed by atoms with Gasteiger partial charge in [-0.3, -0.25) is 9.80 Å². The molecule has 0 radical (unpaired) electrons. The first kappa shape index (κ1) is 29.6. The number of alkyl halides is 2. The number of β-amino-alcohol motifs (C(OH)–C–C–N with tert-alkyl or cyclic N) is 1. The zero-order valence-corrected chi connectivity index (χ0v) is 25.5. The molecule has 3 aromatic carbocycles. The number of aliphatic hydroxyl groups is 1. The SMILES string of the molecule is Cc1c(-c2nc3c(o2)CCN(CCO)C3)cccc1-c1cccc(-c2nc3cc(CN4CCCC4)c(OC(F)F)cc3o2)c1C. The van der Waals surface area contributed by atoms with Crippen LogP contribution in [0.3, 0.4) is 0 Å². The molecule has 0 atom stereocenters. The molecule has 10 heteroatoms. The van der Waals surface area contributed by atoms with Crippen molar-refractivity contribution in [2.45, 2.75) is 52.8 Å². The van der Waals surface area contributed by atoms with Crippen LogP contribution in [0.2, 0.25) is 0 Å². The summed E-state index contributed by atoms with van der Waals surface area (Å²) in [5.74, 6) is 2.06. The van der Waals surface area contributed by atoms with Crippen molar-refractivity contribution >= 4 is 11.1 Å². The molecule has 1 N–H and O–H groups in total. The predicted molar refractivity (Wildman–Crippen MR) is 167 cm³/mol. The summed E-state index contributed by atoms with van der Waals surface area (Å²) in [6.07, 6.45) is 2.97. The molecule has 0 unspecified atom stereocenters. The van der Waals surface area contributed by atoms with Gasteiger partial charge in [0.05, 0.1) is 12.3 Å². The quantitative estimate of drug-likeness (QED) is 0.190. The van der Waals surface area contributed by atoms with Gasteiger partial charge in [-0.15, -0.1) is 0 Å². The van der Waals surface area contributed by atoms with Gasteiger partial charge in [-0.2, -0.15) is 8.78 Å². The topological polar surface area (TPSA) is 88.0 Å². The second kappa shape index (κ2) is 12.3. The first-order valence-corrected chi connectivity index (χ1v) is 15.5. The molecular weight excluding hydrogens is 578 g/mol. The Hall–Kier alpha value is -4.12. The number of rotatable bonds is 9. The number of likely N-dealkylation sites (tertiary alicyclic amines) is 1. The van der Waals surface area contributed by atoms with Gasteiger partial charge in [-0.05, 0) is 80.2 Å². The van der Waals surface area contributed by atoms with Crippen molar-refractivity contribution in [3.05, 3.63) is 76.7 Å². The highest BCUT2D eigenvalue weighted by molar-refractivity contribution is 5.84. The van der Waals surface area contributed by atoms with Crippen LogP contribution in [0.15, 0.2) is 57.4 Å². The average molecular weight is 615 g/mol. The van der Waals surface area contributed by atoms with Gasteiger partial charge in [0.25, 0.3) is 0 Å². The maximum Gasteiger partial charge on any atom is 0.387 e. The molecule has 4 heterocycles. The van der Waals surface area contributed by atoms with Crippen molar-refractivity contribution in [2.75, 3.05) is 32.8 Å². The van der Waals surface area contributed by atoms with Gasteiger partial charge >= 0.3 is 6.61 Å². The van der Waals surface area contributed by atoms with E-state index < -0.39 is 6.61 Å². The number of benzene rings is 3. The van der Waals surface area contributed by atoms with Crippen LogP contribution in [-0.4, -0.2) is 64.3 Å². The maximum absolute atomic E-state index is 13.3. The normalized spacial score (nSPS) is 15.8. The van der Waals surface area contributed by atoms with E-state index in [9.17, 15) is 13.9 Å². The minimum absolute atomic E-state index is 0.122. The molecule has 0 amide bonds. The minimum Gasteiger partial charge on any atom is -0.441 e. The van der Waals surface area contributed by atoms with Crippen molar-refractivity contribution < 1.29 is 27.5 Å². The zero-order chi connectivity index (χ0) is 31.1. The van der Waals surface area contributed by atoms with Crippen LogP contribution in [-0.2, 0) is 19.5 Å². The highest BCUT2D eigenvalue weighted by Gasteiger charge is 2.25. The molecule has 0 bridgehead atoms. The maximum atomic E-state index is 13.3. The fourth-order valence-corrected chi connectivity index (χ4v) is 6.64. The van der Waals surface area contributed by atoms with Crippen LogP contribution in [0.5, 0.6) is 5.75 Å². The molecule has 2 aliphatic heterocycles. The van der Waals surface area contributed by atoms with Gasteiger partial charge in [-0.25, -0.2) is 9.97 Å². The van der Waals surface area contributed by atoms with Gasteiger partial charge in [0, 0.05) is 55.4 Å². The molecule has 8 nitrogen and oxygen atoms in total. The van der Waals surface area contributed by atoms with E-state index in [1.807, 2.05) is 37.3 Å². The fraction of sp³-hybridized carbons (Fsp3) is 0.371. The summed E-state index contributed by atoms with van der Waals surface area (Å²) in [5, 5.41) is 9.35. The van der Waals surface area contributed by atoms with E-state index in [1.54, 1.807) is 0 Å². The molecule has 234 valence electrons. The Morgan fingerprint density at radius 2 is 1.53 bits per heavy atom. The average Bonchev–Trinajstić information content (AvgIpc) is 3.78. The molecule has 2 aromatic heterocycles. The Labute approximate surface area is 260 Å². The second-order valence-electron chi connectivity index (χ2n) is 11.9. The second-order valence-corrected chi connectivity index (χ2v) is 11.9. The Morgan fingerprint density at radius 3 is 2.20 bits per heavy atom. The first-order valence-electron chi connectivity index (χ1n) is 15.5. The van der Waals surface area contributed by atoms with E-state index in [-0.39, 0.29) is 12.4 Å². The third-order valence-electron chi connectivity index (χ3n) is 9.02. The largest absolute Gasteiger partial charge is 0.441 e. The molecular formula is C35H36F2N4O4. The standard InChI is InChI=1S/C35H36F2N4O4/c1-21-24(25-8-6-10-27(22(25)2)34-39-29-20-41(15-16-42)14-11-30(29)43-34)7-5-9-26(21)33-38-28-17-23(19-40-12-3-4-13-40)31(45-35(36)37)18-32(28)44-33/h5-10,17-18,35,42H,3-4,11-16,19-20H2,1-2H3. The van der Waals surface area contributed by atoms with Crippen LogP contribution >= 0.6 is 0 Å². The Morgan fingerprint density at radius 1 is 0.867 bits per heavy atom. The Kier molecular flexibility index (Phi) is 8.12. The minimum atomic E-state index is -2.93. The molecule has 5 aromatic rings. The zero-order valence-electron chi connectivity index (χ0n) is 25.5. The summed E-state index contributed by atoms with van der Waals surface area (Å²) in [6, 6.07) is 15.5. The number of fused-ring (bicyclic) bond motifs is 2. The van der Waals surface area contributed by atoms with Crippen LogP contribution in [0.25, 0.3) is 45.1 Å². The summed E-state index contributed by atoms with van der Waals surface area (Å²) in [6.45, 7) is 5.82. The number of nitrogens with zero attached hydrogens (tertiary/aromatic N) is 4. The molecule has 0 spiro atoms. The van der Waals surface area contributed by atoms with Gasteiger partial charge in [-0.1, -0.05) is 24.3 Å². The Balaban J connectivity index is 1.23. The van der Waals surface area contributed by atoms with Crippen molar-refractivity contribution in [2.24, 2.45) is 0 Å². The van der Waals surface area contributed by atoms with Gasteiger partial charge < -0.3 is 18.7 Å². The van der Waals surface area contributed by atoms with Crippen LogP contribution < -0.4 is 4.74 Å². The summed E-state index contributed by atoms with van der Waals surface area (Å²) >= 11 is 0. The smallest absolute Gasteiger partial charge is 0.387 e. The molecule has 1 saturated heterocycles. The lowest BCUT2D eigenvalue weighted by Gasteiger charge is -2.23. The van der Waals surface area contributed by atoms with Crippen LogP contribution in [0, 0.1) is 13.8 Å². The lowest BCUT2D eigenvalue weighted by molar-refractivity contribution is -0.0506. The van der Waals surface area contributed by atoms with E-state index in [2.05, 4.69) is 28.9 Å². The third kappa shape index (κ3) is 5.85. The molecule has 2 aliphatic rings. The number of hydrogen-bond acceptors (Lipinski definition) is 8. The van der Waals surface area contributed by atoms with Crippen LogP contribution in [0.4, 0.5) is 8.78 Å².